The Bertz CT molecular complexity index is 641. The molecule has 0 radical (unpaired) electrons. The normalized spacial score (nSPS) is 11.2. The van der Waals surface area contributed by atoms with Crippen LogP contribution in [0.3, 0.4) is 0 Å². The molecule has 0 aliphatic carbocycles. The first-order chi connectivity index (χ1) is 8.99. The molecule has 19 heavy (non-hydrogen) atoms. The third-order valence-electron chi connectivity index (χ3n) is 2.22. The number of hydrogen-bond acceptors (Lipinski definition) is 3. The SMILES string of the molecule is Oc1c(N=Nc2ccc(Br)cc2)cc(Br)c(Br)c1Br. The van der Waals surface area contributed by atoms with Gasteiger partial charge >= 0.3 is 0 Å². The highest BCUT2D eigenvalue weighted by Crippen LogP contribution is 2.44. The maximum atomic E-state index is 9.97. The molecular weight excluding hydrogens is 508 g/mol. The number of nitrogens with zero attached hydrogens (tertiary/aromatic N) is 2. The second-order valence-electron chi connectivity index (χ2n) is 3.53. The van der Waals surface area contributed by atoms with Crippen molar-refractivity contribution >= 4 is 75.1 Å². The van der Waals surface area contributed by atoms with Gasteiger partial charge in [-0.25, -0.2) is 0 Å². The third-order valence-corrected chi connectivity index (χ3v) is 6.03. The maximum Gasteiger partial charge on any atom is 0.158 e. The minimum atomic E-state index is 0.0379. The first kappa shape index (κ1) is 15.2. The van der Waals surface area contributed by atoms with Crippen LogP contribution in [-0.4, -0.2) is 5.11 Å². The van der Waals surface area contributed by atoms with Crippen molar-refractivity contribution in [1.29, 1.82) is 0 Å². The van der Waals surface area contributed by atoms with Crippen molar-refractivity contribution in [2.75, 3.05) is 0 Å². The third kappa shape index (κ3) is 3.65. The average Bonchev–Trinajstić information content (AvgIpc) is 2.41. The van der Waals surface area contributed by atoms with Crippen LogP contribution in [0.5, 0.6) is 5.75 Å². The molecule has 0 spiro atoms. The number of halogens is 4. The van der Waals surface area contributed by atoms with Crippen LogP contribution < -0.4 is 0 Å². The number of hydrogen-bond donors (Lipinski definition) is 1. The van der Waals surface area contributed by atoms with Crippen molar-refractivity contribution in [2.45, 2.75) is 0 Å². The standard InChI is InChI=1S/C12H6Br4N2O/c13-6-1-3-7(4-2-6)17-18-9-5-8(14)10(15)11(16)12(9)19/h1-5,19H. The number of benzene rings is 2. The van der Waals surface area contributed by atoms with Crippen LogP contribution in [0.4, 0.5) is 11.4 Å². The highest BCUT2D eigenvalue weighted by atomic mass is 79.9. The van der Waals surface area contributed by atoms with Crippen LogP contribution in [0.1, 0.15) is 0 Å². The van der Waals surface area contributed by atoms with Gasteiger partial charge in [-0.2, -0.15) is 5.11 Å². The first-order valence-electron chi connectivity index (χ1n) is 5.03. The van der Waals surface area contributed by atoms with Crippen LogP contribution in [-0.2, 0) is 0 Å². The molecule has 1 N–H and O–H groups in total. The number of azo groups is 1. The molecule has 2 rings (SSSR count). The van der Waals surface area contributed by atoms with E-state index in [1.807, 2.05) is 24.3 Å². The van der Waals surface area contributed by atoms with Gasteiger partial charge in [0, 0.05) is 13.4 Å². The summed E-state index contributed by atoms with van der Waals surface area (Å²) in [6, 6.07) is 9.09. The lowest BCUT2D eigenvalue weighted by Crippen LogP contribution is -1.76. The zero-order valence-corrected chi connectivity index (χ0v) is 15.6. The molecule has 0 saturated carbocycles. The van der Waals surface area contributed by atoms with Gasteiger partial charge < -0.3 is 5.11 Å². The number of phenolic OH excluding ortho intramolecular Hbond substituents is 1. The monoisotopic (exact) mass is 510 g/mol. The Labute approximate surface area is 143 Å². The molecule has 0 aliphatic rings. The highest BCUT2D eigenvalue weighted by Gasteiger charge is 2.12. The second kappa shape index (κ2) is 6.47. The lowest BCUT2D eigenvalue weighted by molar-refractivity contribution is 0.472. The minimum Gasteiger partial charge on any atom is -0.504 e. The Morgan fingerprint density at radius 2 is 1.47 bits per heavy atom. The highest BCUT2D eigenvalue weighted by molar-refractivity contribution is 9.14. The molecule has 7 heteroatoms. The summed E-state index contributed by atoms with van der Waals surface area (Å²) in [4.78, 5) is 0. The van der Waals surface area contributed by atoms with E-state index in [2.05, 4.69) is 73.9 Å². The van der Waals surface area contributed by atoms with E-state index in [1.54, 1.807) is 6.07 Å². The molecule has 0 aliphatic heterocycles. The van der Waals surface area contributed by atoms with Crippen molar-refractivity contribution in [1.82, 2.24) is 0 Å². The van der Waals surface area contributed by atoms with Crippen molar-refractivity contribution in [3.63, 3.8) is 0 Å². The van der Waals surface area contributed by atoms with Gasteiger partial charge in [-0.15, -0.1) is 5.11 Å². The van der Waals surface area contributed by atoms with E-state index in [9.17, 15) is 5.11 Å². The topological polar surface area (TPSA) is 45.0 Å². The van der Waals surface area contributed by atoms with Crippen LogP contribution in [0.15, 0.2) is 58.5 Å². The maximum absolute atomic E-state index is 9.97. The largest absolute Gasteiger partial charge is 0.504 e. The van der Waals surface area contributed by atoms with Crippen molar-refractivity contribution in [3.8, 4) is 5.75 Å². The summed E-state index contributed by atoms with van der Waals surface area (Å²) in [6.07, 6.45) is 0. The van der Waals surface area contributed by atoms with Gasteiger partial charge in [-0.1, -0.05) is 15.9 Å². The molecule has 0 bridgehead atoms. The van der Waals surface area contributed by atoms with Gasteiger partial charge in [0.1, 0.15) is 5.69 Å². The predicted octanol–water partition coefficient (Wildman–Crippen LogP) is 6.86. The summed E-state index contributed by atoms with van der Waals surface area (Å²) < 4.78 is 3.02. The molecule has 0 aromatic heterocycles. The molecular formula is C12H6Br4N2O. The van der Waals surface area contributed by atoms with Gasteiger partial charge in [-0.05, 0) is 78.1 Å². The summed E-state index contributed by atoms with van der Waals surface area (Å²) in [5.74, 6) is 0.0379. The van der Waals surface area contributed by atoms with Gasteiger partial charge in [0.2, 0.25) is 0 Å². The smallest absolute Gasteiger partial charge is 0.158 e. The molecule has 3 nitrogen and oxygen atoms in total. The minimum absolute atomic E-state index is 0.0379. The summed E-state index contributed by atoms with van der Waals surface area (Å²) in [5, 5.41) is 18.1. The summed E-state index contributed by atoms with van der Waals surface area (Å²) >= 11 is 13.3. The van der Waals surface area contributed by atoms with Crippen LogP contribution in [0.25, 0.3) is 0 Å². The Kier molecular flexibility index (Phi) is 5.16. The quantitative estimate of drug-likeness (QED) is 0.346. The van der Waals surface area contributed by atoms with Crippen LogP contribution >= 0.6 is 63.7 Å². The Morgan fingerprint density at radius 3 is 2.11 bits per heavy atom. The fourth-order valence-electron chi connectivity index (χ4n) is 1.27. The molecule has 0 saturated heterocycles. The van der Waals surface area contributed by atoms with Gasteiger partial charge in [0.25, 0.3) is 0 Å². The molecule has 0 unspecified atom stereocenters. The van der Waals surface area contributed by atoms with Crippen molar-refractivity contribution in [2.24, 2.45) is 10.2 Å². The Hall–Kier alpha value is -0.240. The van der Waals surface area contributed by atoms with E-state index >= 15 is 0 Å². The fourth-order valence-corrected chi connectivity index (χ4v) is 2.93. The van der Waals surface area contributed by atoms with E-state index in [0.717, 1.165) is 13.4 Å². The lowest BCUT2D eigenvalue weighted by Gasteiger charge is -2.05. The summed E-state index contributed by atoms with van der Waals surface area (Å²) in [6.45, 7) is 0. The molecule has 0 fully saturated rings. The fraction of sp³-hybridized carbons (Fsp3) is 0. The Morgan fingerprint density at radius 1 is 0.842 bits per heavy atom. The Balaban J connectivity index is 2.36. The average molecular weight is 514 g/mol. The van der Waals surface area contributed by atoms with Crippen LogP contribution in [0.2, 0.25) is 0 Å². The van der Waals surface area contributed by atoms with E-state index in [0.29, 0.717) is 15.8 Å². The summed E-state index contributed by atoms with van der Waals surface area (Å²) in [7, 11) is 0. The predicted molar refractivity (Wildman–Crippen MR) is 89.5 cm³/mol. The van der Waals surface area contributed by atoms with Crippen molar-refractivity contribution in [3.05, 3.63) is 48.2 Å². The zero-order chi connectivity index (χ0) is 14.0. The van der Waals surface area contributed by atoms with Gasteiger partial charge in [-0.3, -0.25) is 0 Å². The number of aromatic hydroxyl groups is 1. The van der Waals surface area contributed by atoms with Crippen LogP contribution in [0, 0.1) is 0 Å². The molecule has 98 valence electrons. The molecule has 0 heterocycles. The molecule has 2 aromatic carbocycles. The zero-order valence-electron chi connectivity index (χ0n) is 9.24. The number of rotatable bonds is 2. The first-order valence-corrected chi connectivity index (χ1v) is 8.20. The lowest BCUT2D eigenvalue weighted by atomic mass is 10.3. The second-order valence-corrected chi connectivity index (χ2v) is 6.89. The summed E-state index contributed by atoms with van der Waals surface area (Å²) in [5.41, 5.74) is 1.09. The van der Waals surface area contributed by atoms with E-state index in [-0.39, 0.29) is 5.75 Å². The van der Waals surface area contributed by atoms with E-state index in [1.165, 1.54) is 0 Å². The molecule has 2 aromatic rings. The molecule has 0 atom stereocenters. The van der Waals surface area contributed by atoms with Crippen molar-refractivity contribution < 1.29 is 5.11 Å². The molecule has 0 amide bonds. The van der Waals surface area contributed by atoms with E-state index < -0.39 is 0 Å². The van der Waals surface area contributed by atoms with E-state index in [4.69, 9.17) is 0 Å². The van der Waals surface area contributed by atoms with Gasteiger partial charge in [0.05, 0.1) is 10.2 Å². The van der Waals surface area contributed by atoms with Gasteiger partial charge in [0.15, 0.2) is 5.75 Å². The number of phenols is 1.